The smallest absolute Gasteiger partial charge is 0.113 e. The summed E-state index contributed by atoms with van der Waals surface area (Å²) in [4.78, 5) is 0. The molecule has 1 N–H and O–H groups in total. The number of fused-ring (bicyclic) bond motifs is 1. The van der Waals surface area contributed by atoms with Gasteiger partial charge < -0.3 is 5.11 Å². The van der Waals surface area contributed by atoms with E-state index in [1.54, 1.807) is 0 Å². The number of hydrogen-bond acceptors (Lipinski definition) is 3. The molecule has 1 aliphatic rings. The van der Waals surface area contributed by atoms with E-state index in [-0.39, 0.29) is 6.04 Å². The lowest BCUT2D eigenvalue weighted by Gasteiger charge is -2.37. The fourth-order valence-electron chi connectivity index (χ4n) is 3.81. The van der Waals surface area contributed by atoms with Crippen molar-refractivity contribution in [2.24, 2.45) is 0 Å². The lowest BCUT2D eigenvalue weighted by molar-refractivity contribution is -0.0302. The zero-order valence-electron chi connectivity index (χ0n) is 14.3. The molecule has 128 valence electrons. The average Bonchev–Trinajstić information content (AvgIpc) is 3.07. The molecule has 0 radical (unpaired) electrons. The monoisotopic (exact) mass is 333 g/mol. The van der Waals surface area contributed by atoms with E-state index in [2.05, 4.69) is 34.6 Å². The standard InChI is InChI=1S/C21H23N3O/c25-21(15-7-2-8-16-21)20(14-13-17-9-3-1-4-10-17)24-19-12-6-5-11-18(19)22-23-24/h1,3-6,9-14,20,25H,2,7-8,15-16H2/b14-13+. The number of aliphatic hydroxyl groups is 1. The molecule has 0 saturated heterocycles. The number of rotatable bonds is 4. The summed E-state index contributed by atoms with van der Waals surface area (Å²) in [5.74, 6) is 0. The van der Waals surface area contributed by atoms with E-state index in [0.717, 1.165) is 42.3 Å². The Bertz CT molecular complexity index is 863. The summed E-state index contributed by atoms with van der Waals surface area (Å²) in [6.45, 7) is 0. The van der Waals surface area contributed by atoms with Crippen molar-refractivity contribution in [3.63, 3.8) is 0 Å². The minimum absolute atomic E-state index is 0.222. The summed E-state index contributed by atoms with van der Waals surface area (Å²) in [7, 11) is 0. The normalized spacial score (nSPS) is 18.6. The maximum atomic E-state index is 11.4. The van der Waals surface area contributed by atoms with Crippen LogP contribution < -0.4 is 0 Å². The van der Waals surface area contributed by atoms with Gasteiger partial charge >= 0.3 is 0 Å². The Morgan fingerprint density at radius 2 is 1.68 bits per heavy atom. The fourth-order valence-corrected chi connectivity index (χ4v) is 3.81. The van der Waals surface area contributed by atoms with Gasteiger partial charge in [-0.2, -0.15) is 0 Å². The molecule has 0 aliphatic heterocycles. The molecule has 1 saturated carbocycles. The van der Waals surface area contributed by atoms with Crippen molar-refractivity contribution in [3.8, 4) is 0 Å². The number of hydrogen-bond donors (Lipinski definition) is 1. The Kier molecular flexibility index (Phi) is 4.36. The molecule has 0 amide bonds. The average molecular weight is 333 g/mol. The molecule has 1 atom stereocenters. The number of benzene rings is 2. The summed E-state index contributed by atoms with van der Waals surface area (Å²) >= 11 is 0. The van der Waals surface area contributed by atoms with Crippen LogP contribution in [0, 0.1) is 0 Å². The molecule has 1 heterocycles. The minimum atomic E-state index is -0.778. The van der Waals surface area contributed by atoms with Crippen LogP contribution in [0.1, 0.15) is 43.7 Å². The van der Waals surface area contributed by atoms with Crippen LogP contribution in [0.15, 0.2) is 60.7 Å². The maximum absolute atomic E-state index is 11.4. The maximum Gasteiger partial charge on any atom is 0.113 e. The predicted molar refractivity (Wildman–Crippen MR) is 100 cm³/mol. The van der Waals surface area contributed by atoms with Gasteiger partial charge in [0.05, 0.1) is 11.1 Å². The molecule has 0 bridgehead atoms. The molecule has 1 unspecified atom stereocenters. The van der Waals surface area contributed by atoms with Crippen molar-refractivity contribution >= 4 is 17.1 Å². The van der Waals surface area contributed by atoms with Crippen LogP contribution in [0.3, 0.4) is 0 Å². The zero-order chi connectivity index (χ0) is 17.1. The lowest BCUT2D eigenvalue weighted by Crippen LogP contribution is -2.40. The van der Waals surface area contributed by atoms with Gasteiger partial charge in [0, 0.05) is 0 Å². The van der Waals surface area contributed by atoms with Gasteiger partial charge in [-0.1, -0.05) is 79.1 Å². The van der Waals surface area contributed by atoms with E-state index in [0.29, 0.717) is 0 Å². The highest BCUT2D eigenvalue weighted by molar-refractivity contribution is 5.74. The molecule has 25 heavy (non-hydrogen) atoms. The van der Waals surface area contributed by atoms with Crippen LogP contribution in [0.4, 0.5) is 0 Å². The molecule has 1 aromatic heterocycles. The third kappa shape index (κ3) is 3.22. The fraction of sp³-hybridized carbons (Fsp3) is 0.333. The van der Waals surface area contributed by atoms with E-state index < -0.39 is 5.60 Å². The molecule has 1 fully saturated rings. The van der Waals surface area contributed by atoms with Gasteiger partial charge in [0.25, 0.3) is 0 Å². The summed E-state index contributed by atoms with van der Waals surface area (Å²) in [6.07, 6.45) is 9.05. The van der Waals surface area contributed by atoms with Crippen LogP contribution in [0.2, 0.25) is 0 Å². The summed E-state index contributed by atoms with van der Waals surface area (Å²) in [6, 6.07) is 17.9. The lowest BCUT2D eigenvalue weighted by atomic mass is 9.79. The molecule has 3 aromatic rings. The van der Waals surface area contributed by atoms with Crippen LogP contribution in [-0.2, 0) is 0 Å². The van der Waals surface area contributed by atoms with Crippen LogP contribution in [-0.4, -0.2) is 25.7 Å². The first-order chi connectivity index (χ1) is 12.3. The Labute approximate surface area is 147 Å². The molecule has 1 aliphatic carbocycles. The second-order valence-corrected chi connectivity index (χ2v) is 6.90. The van der Waals surface area contributed by atoms with Crippen molar-refractivity contribution in [2.75, 3.05) is 0 Å². The van der Waals surface area contributed by atoms with Crippen LogP contribution in [0.25, 0.3) is 17.1 Å². The molecule has 0 spiro atoms. The summed E-state index contributed by atoms with van der Waals surface area (Å²) in [5, 5.41) is 20.1. The van der Waals surface area contributed by atoms with E-state index in [1.807, 2.05) is 47.1 Å². The molecular formula is C21H23N3O. The first-order valence-electron chi connectivity index (χ1n) is 9.02. The third-order valence-corrected chi connectivity index (χ3v) is 5.18. The molecule has 4 rings (SSSR count). The number of aromatic nitrogens is 3. The number of nitrogens with zero attached hydrogens (tertiary/aromatic N) is 3. The first-order valence-corrected chi connectivity index (χ1v) is 9.02. The largest absolute Gasteiger partial charge is 0.387 e. The van der Waals surface area contributed by atoms with Gasteiger partial charge in [-0.3, -0.25) is 0 Å². The first kappa shape index (κ1) is 16.0. The molecule has 4 heteroatoms. The van der Waals surface area contributed by atoms with E-state index in [4.69, 9.17) is 0 Å². The Balaban J connectivity index is 1.77. The van der Waals surface area contributed by atoms with Crippen molar-refractivity contribution in [1.82, 2.24) is 15.0 Å². The molecular weight excluding hydrogens is 310 g/mol. The van der Waals surface area contributed by atoms with Crippen molar-refractivity contribution < 1.29 is 5.11 Å². The highest BCUT2D eigenvalue weighted by Gasteiger charge is 2.38. The van der Waals surface area contributed by atoms with E-state index >= 15 is 0 Å². The van der Waals surface area contributed by atoms with Gasteiger partial charge in [-0.25, -0.2) is 4.68 Å². The highest BCUT2D eigenvalue weighted by atomic mass is 16.3. The van der Waals surface area contributed by atoms with Gasteiger partial charge in [-0.05, 0) is 30.5 Å². The Morgan fingerprint density at radius 1 is 0.960 bits per heavy atom. The molecule has 2 aromatic carbocycles. The molecule has 4 nitrogen and oxygen atoms in total. The SMILES string of the molecule is OC1(C(/C=C/c2ccccc2)n2nnc3ccccc32)CCCCC1. The van der Waals surface area contributed by atoms with E-state index in [1.165, 1.54) is 6.42 Å². The second-order valence-electron chi connectivity index (χ2n) is 6.90. The highest BCUT2D eigenvalue weighted by Crippen LogP contribution is 2.39. The zero-order valence-corrected chi connectivity index (χ0v) is 14.3. The van der Waals surface area contributed by atoms with Crippen LogP contribution in [0.5, 0.6) is 0 Å². The van der Waals surface area contributed by atoms with Gasteiger partial charge in [0.1, 0.15) is 11.6 Å². The van der Waals surface area contributed by atoms with Crippen LogP contribution >= 0.6 is 0 Å². The Morgan fingerprint density at radius 3 is 2.48 bits per heavy atom. The van der Waals surface area contributed by atoms with Crippen molar-refractivity contribution in [2.45, 2.75) is 43.7 Å². The summed E-state index contributed by atoms with van der Waals surface area (Å²) in [5.41, 5.74) is 2.17. The van der Waals surface area contributed by atoms with Crippen molar-refractivity contribution in [1.29, 1.82) is 0 Å². The quantitative estimate of drug-likeness (QED) is 0.771. The minimum Gasteiger partial charge on any atom is -0.387 e. The predicted octanol–water partition coefficient (Wildman–Crippen LogP) is 4.38. The summed E-state index contributed by atoms with van der Waals surface area (Å²) < 4.78 is 1.89. The number of para-hydroxylation sites is 1. The third-order valence-electron chi connectivity index (χ3n) is 5.18. The Hall–Kier alpha value is -2.46. The topological polar surface area (TPSA) is 50.9 Å². The van der Waals surface area contributed by atoms with Gasteiger partial charge in [0.2, 0.25) is 0 Å². The van der Waals surface area contributed by atoms with E-state index in [9.17, 15) is 5.11 Å². The second kappa shape index (κ2) is 6.81. The van der Waals surface area contributed by atoms with Gasteiger partial charge in [0.15, 0.2) is 0 Å². The van der Waals surface area contributed by atoms with Crippen molar-refractivity contribution in [3.05, 3.63) is 66.2 Å². The van der Waals surface area contributed by atoms with Gasteiger partial charge in [-0.15, -0.1) is 5.10 Å².